The van der Waals surface area contributed by atoms with Crippen molar-refractivity contribution in [2.24, 2.45) is 5.84 Å². The predicted molar refractivity (Wildman–Crippen MR) is 55.1 cm³/mol. The van der Waals surface area contributed by atoms with Crippen LogP contribution in [0.5, 0.6) is 0 Å². The molecule has 1 aliphatic carbocycles. The lowest BCUT2D eigenvalue weighted by Crippen LogP contribution is -2.29. The molecule has 2 rings (SSSR count). The Bertz CT molecular complexity index is 396. The van der Waals surface area contributed by atoms with E-state index in [0.717, 1.165) is 12.0 Å². The average Bonchev–Trinajstić information content (AvgIpc) is 2.62. The Morgan fingerprint density at radius 3 is 3.00 bits per heavy atom. The van der Waals surface area contributed by atoms with Gasteiger partial charge in [0.05, 0.1) is 6.42 Å². The first-order valence-corrected chi connectivity index (χ1v) is 4.58. The van der Waals surface area contributed by atoms with Crippen LogP contribution in [0, 0.1) is 0 Å². The first-order chi connectivity index (χ1) is 6.81. The topological polar surface area (TPSA) is 55.1 Å². The molecule has 0 spiro atoms. The minimum atomic E-state index is -0.145. The standard InChI is InChI=1S/C11H12N2O/c12-13-11(14)7-9-6-5-8-3-1-2-4-10(8)9/h1-4,6H,5,7,12H2,(H,13,14). The second-order valence-electron chi connectivity index (χ2n) is 3.33. The lowest BCUT2D eigenvalue weighted by Gasteiger charge is -2.04. The number of nitrogens with one attached hydrogen (secondary N) is 1. The molecule has 0 bridgehead atoms. The van der Waals surface area contributed by atoms with Crippen molar-refractivity contribution in [2.45, 2.75) is 12.8 Å². The molecule has 1 aliphatic rings. The van der Waals surface area contributed by atoms with E-state index in [1.165, 1.54) is 11.1 Å². The molecular weight excluding hydrogens is 176 g/mol. The number of rotatable bonds is 2. The minimum Gasteiger partial charge on any atom is -0.294 e. The molecule has 72 valence electrons. The van der Waals surface area contributed by atoms with Gasteiger partial charge in [0.2, 0.25) is 5.91 Å². The van der Waals surface area contributed by atoms with Crippen LogP contribution in [-0.2, 0) is 11.2 Å². The summed E-state index contributed by atoms with van der Waals surface area (Å²) in [6, 6.07) is 8.12. The number of nitrogens with two attached hydrogens (primary N) is 1. The molecule has 0 atom stereocenters. The number of amides is 1. The molecule has 1 aromatic rings. The van der Waals surface area contributed by atoms with E-state index in [0.29, 0.717) is 6.42 Å². The van der Waals surface area contributed by atoms with E-state index in [1.54, 1.807) is 0 Å². The van der Waals surface area contributed by atoms with Crippen molar-refractivity contribution in [3.05, 3.63) is 41.5 Å². The first-order valence-electron chi connectivity index (χ1n) is 4.58. The van der Waals surface area contributed by atoms with Crippen molar-refractivity contribution in [3.63, 3.8) is 0 Å². The molecule has 1 aromatic carbocycles. The molecule has 3 heteroatoms. The fraction of sp³-hybridized carbons (Fsp3) is 0.182. The van der Waals surface area contributed by atoms with Gasteiger partial charge in [-0.15, -0.1) is 0 Å². The van der Waals surface area contributed by atoms with Crippen molar-refractivity contribution in [1.29, 1.82) is 0 Å². The van der Waals surface area contributed by atoms with Gasteiger partial charge in [-0.3, -0.25) is 10.2 Å². The third kappa shape index (κ3) is 1.54. The fourth-order valence-electron chi connectivity index (χ4n) is 1.75. The van der Waals surface area contributed by atoms with Crippen molar-refractivity contribution < 1.29 is 4.79 Å². The smallest absolute Gasteiger partial charge is 0.238 e. The van der Waals surface area contributed by atoms with Gasteiger partial charge in [-0.25, -0.2) is 5.84 Å². The molecule has 0 aromatic heterocycles. The van der Waals surface area contributed by atoms with E-state index >= 15 is 0 Å². The number of fused-ring (bicyclic) bond motifs is 1. The van der Waals surface area contributed by atoms with Crippen LogP contribution in [0.25, 0.3) is 5.57 Å². The average molecular weight is 188 g/mol. The fourth-order valence-corrected chi connectivity index (χ4v) is 1.75. The summed E-state index contributed by atoms with van der Waals surface area (Å²) in [5, 5.41) is 0. The maximum absolute atomic E-state index is 11.1. The molecule has 1 amide bonds. The Morgan fingerprint density at radius 2 is 2.21 bits per heavy atom. The lowest BCUT2D eigenvalue weighted by molar-refractivity contribution is -0.120. The van der Waals surface area contributed by atoms with Gasteiger partial charge in [-0.05, 0) is 23.1 Å². The van der Waals surface area contributed by atoms with Crippen LogP contribution in [0.15, 0.2) is 30.3 Å². The van der Waals surface area contributed by atoms with Gasteiger partial charge < -0.3 is 0 Å². The number of benzene rings is 1. The van der Waals surface area contributed by atoms with Gasteiger partial charge in [0, 0.05) is 0 Å². The van der Waals surface area contributed by atoms with Crippen LogP contribution in [-0.4, -0.2) is 5.91 Å². The second-order valence-corrected chi connectivity index (χ2v) is 3.33. The zero-order valence-electron chi connectivity index (χ0n) is 7.79. The second kappa shape index (κ2) is 3.64. The van der Waals surface area contributed by atoms with Gasteiger partial charge >= 0.3 is 0 Å². The van der Waals surface area contributed by atoms with E-state index in [4.69, 9.17) is 5.84 Å². The summed E-state index contributed by atoms with van der Waals surface area (Å²) in [6.07, 6.45) is 3.37. The van der Waals surface area contributed by atoms with Crippen LogP contribution in [0.2, 0.25) is 0 Å². The van der Waals surface area contributed by atoms with Crippen LogP contribution in [0.3, 0.4) is 0 Å². The van der Waals surface area contributed by atoms with Crippen LogP contribution in [0.4, 0.5) is 0 Å². The number of hydrazine groups is 1. The number of allylic oxidation sites excluding steroid dienone is 1. The molecule has 0 saturated heterocycles. The van der Waals surface area contributed by atoms with E-state index in [1.807, 2.05) is 18.2 Å². The van der Waals surface area contributed by atoms with Gasteiger partial charge in [-0.1, -0.05) is 30.3 Å². The Hall–Kier alpha value is -1.61. The summed E-state index contributed by atoms with van der Waals surface area (Å²) >= 11 is 0. The summed E-state index contributed by atoms with van der Waals surface area (Å²) < 4.78 is 0. The van der Waals surface area contributed by atoms with Crippen LogP contribution < -0.4 is 11.3 Å². The quantitative estimate of drug-likeness (QED) is 0.413. The molecule has 0 heterocycles. The van der Waals surface area contributed by atoms with E-state index in [2.05, 4.69) is 17.6 Å². The van der Waals surface area contributed by atoms with Crippen molar-refractivity contribution in [3.8, 4) is 0 Å². The summed E-state index contributed by atoms with van der Waals surface area (Å²) in [4.78, 5) is 11.1. The largest absolute Gasteiger partial charge is 0.294 e. The normalized spacial score (nSPS) is 13.4. The molecule has 0 saturated carbocycles. The summed E-state index contributed by atoms with van der Waals surface area (Å²) in [6.45, 7) is 0. The number of carbonyl (C=O) groups excluding carboxylic acids is 1. The van der Waals surface area contributed by atoms with E-state index in [9.17, 15) is 4.79 Å². The van der Waals surface area contributed by atoms with Crippen molar-refractivity contribution in [2.75, 3.05) is 0 Å². The van der Waals surface area contributed by atoms with Crippen LogP contribution >= 0.6 is 0 Å². The minimum absolute atomic E-state index is 0.145. The highest BCUT2D eigenvalue weighted by Crippen LogP contribution is 2.29. The summed E-state index contributed by atoms with van der Waals surface area (Å²) in [5.41, 5.74) is 5.68. The summed E-state index contributed by atoms with van der Waals surface area (Å²) in [5.74, 6) is 4.90. The Labute approximate surface area is 82.6 Å². The van der Waals surface area contributed by atoms with E-state index in [-0.39, 0.29) is 5.91 Å². The highest BCUT2D eigenvalue weighted by molar-refractivity contribution is 5.90. The molecule has 3 nitrogen and oxygen atoms in total. The lowest BCUT2D eigenvalue weighted by atomic mass is 10.0. The maximum Gasteiger partial charge on any atom is 0.238 e. The van der Waals surface area contributed by atoms with Gasteiger partial charge in [-0.2, -0.15) is 0 Å². The Kier molecular flexibility index (Phi) is 2.33. The number of hydrogen-bond donors (Lipinski definition) is 2. The van der Waals surface area contributed by atoms with Gasteiger partial charge in [0.25, 0.3) is 0 Å². The zero-order valence-corrected chi connectivity index (χ0v) is 7.79. The third-order valence-corrected chi connectivity index (χ3v) is 2.44. The van der Waals surface area contributed by atoms with Gasteiger partial charge in [0.1, 0.15) is 0 Å². The number of carbonyl (C=O) groups is 1. The maximum atomic E-state index is 11.1. The summed E-state index contributed by atoms with van der Waals surface area (Å²) in [7, 11) is 0. The third-order valence-electron chi connectivity index (χ3n) is 2.44. The molecule has 3 N–H and O–H groups in total. The van der Waals surface area contributed by atoms with Crippen molar-refractivity contribution >= 4 is 11.5 Å². The molecule has 0 unspecified atom stereocenters. The highest BCUT2D eigenvalue weighted by Gasteiger charge is 2.15. The zero-order chi connectivity index (χ0) is 9.97. The first kappa shape index (κ1) is 8.97. The SMILES string of the molecule is NNC(=O)CC1=CCc2ccccc21. The Balaban J connectivity index is 2.21. The van der Waals surface area contributed by atoms with Crippen molar-refractivity contribution in [1.82, 2.24) is 5.43 Å². The predicted octanol–water partition coefficient (Wildman–Crippen LogP) is 1.01. The van der Waals surface area contributed by atoms with Gasteiger partial charge in [0.15, 0.2) is 0 Å². The Morgan fingerprint density at radius 1 is 1.43 bits per heavy atom. The highest BCUT2D eigenvalue weighted by atomic mass is 16.2. The molecule has 0 aliphatic heterocycles. The van der Waals surface area contributed by atoms with E-state index < -0.39 is 0 Å². The monoisotopic (exact) mass is 188 g/mol. The molecular formula is C11H12N2O. The molecule has 0 fully saturated rings. The molecule has 0 radical (unpaired) electrons. The number of hydrogen-bond acceptors (Lipinski definition) is 2. The van der Waals surface area contributed by atoms with Crippen LogP contribution in [0.1, 0.15) is 17.5 Å². The molecule has 14 heavy (non-hydrogen) atoms.